The molecule has 3 heteroatoms. The molecule has 0 amide bonds. The smallest absolute Gasteiger partial charge is 0.194 e. The number of hydrogen-bond donors (Lipinski definition) is 0. The minimum absolute atomic E-state index is 0.0449. The summed E-state index contributed by atoms with van der Waals surface area (Å²) in [6, 6.07) is 48.5. The number of rotatable bonds is 2. The fourth-order valence-electron chi connectivity index (χ4n) is 7.82. The zero-order valence-corrected chi connectivity index (χ0v) is 25.0. The molecule has 214 valence electrons. The molecule has 0 atom stereocenters. The van der Waals surface area contributed by atoms with E-state index in [1.807, 2.05) is 36.4 Å². The van der Waals surface area contributed by atoms with Gasteiger partial charge in [0, 0.05) is 10.8 Å². The Kier molecular flexibility index (Phi) is 5.40. The first-order chi connectivity index (χ1) is 22.1. The molecule has 9 rings (SSSR count). The minimum Gasteiger partial charge on any atom is -0.453 e. The number of fused-ring (bicyclic) bond motifs is 7. The van der Waals surface area contributed by atoms with Gasteiger partial charge in [0.2, 0.25) is 0 Å². The van der Waals surface area contributed by atoms with E-state index in [0.29, 0.717) is 0 Å². The molecule has 0 saturated carbocycles. The average Bonchev–Trinajstić information content (AvgIpc) is 3.27. The zero-order chi connectivity index (χ0) is 30.3. The molecule has 1 aliphatic heterocycles. The number of anilines is 2. The average molecular weight is 580 g/mol. The number of para-hydroxylation sites is 4. The number of benzene rings is 6. The largest absolute Gasteiger partial charge is 0.453 e. The van der Waals surface area contributed by atoms with Crippen molar-refractivity contribution in [1.29, 1.82) is 0 Å². The van der Waals surface area contributed by atoms with Crippen LogP contribution in [0.15, 0.2) is 144 Å². The van der Waals surface area contributed by atoms with Gasteiger partial charge in [-0.2, -0.15) is 0 Å². The molecular weight excluding hydrogens is 550 g/mol. The molecule has 1 aliphatic carbocycles. The summed E-state index contributed by atoms with van der Waals surface area (Å²) in [6.07, 6.45) is 0. The van der Waals surface area contributed by atoms with Crippen LogP contribution < -0.4 is 15.1 Å². The van der Waals surface area contributed by atoms with Gasteiger partial charge in [-0.05, 0) is 87.8 Å². The minimum atomic E-state index is -0.890. The normalized spacial score (nSPS) is 14.0. The Morgan fingerprint density at radius 2 is 1.04 bits per heavy atom. The van der Waals surface area contributed by atoms with E-state index >= 15 is 4.79 Å². The van der Waals surface area contributed by atoms with Crippen LogP contribution in [-0.4, -0.2) is 0 Å². The van der Waals surface area contributed by atoms with Gasteiger partial charge >= 0.3 is 0 Å². The maximum absolute atomic E-state index is 15.1. The predicted molar refractivity (Wildman–Crippen MR) is 184 cm³/mol. The van der Waals surface area contributed by atoms with Crippen molar-refractivity contribution in [3.8, 4) is 22.6 Å². The number of nitrogens with zero attached hydrogens (tertiary/aromatic N) is 1. The molecular formula is C42H29NO2. The van der Waals surface area contributed by atoms with E-state index < -0.39 is 5.54 Å². The lowest BCUT2D eigenvalue weighted by Crippen LogP contribution is -2.46. The third-order valence-electron chi connectivity index (χ3n) is 9.76. The summed E-state index contributed by atoms with van der Waals surface area (Å²) in [7, 11) is 0. The second-order valence-corrected chi connectivity index (χ2v) is 12.1. The molecule has 1 heterocycles. The number of aryl methyl sites for hydroxylation is 2. The van der Waals surface area contributed by atoms with Gasteiger partial charge in [0.1, 0.15) is 5.54 Å². The van der Waals surface area contributed by atoms with E-state index in [9.17, 15) is 0 Å². The lowest BCUT2D eigenvalue weighted by Gasteiger charge is -2.47. The van der Waals surface area contributed by atoms with Gasteiger partial charge in [-0.1, -0.05) is 115 Å². The topological polar surface area (TPSA) is 29.5 Å². The van der Waals surface area contributed by atoms with Crippen LogP contribution in [0.3, 0.4) is 0 Å². The van der Waals surface area contributed by atoms with E-state index in [-0.39, 0.29) is 5.43 Å². The molecule has 7 aromatic rings. The van der Waals surface area contributed by atoms with Gasteiger partial charge in [-0.3, -0.25) is 4.79 Å². The van der Waals surface area contributed by atoms with Crippen LogP contribution in [0, 0.1) is 13.8 Å². The summed E-state index contributed by atoms with van der Waals surface area (Å²) in [5.74, 6) is 1.56. The van der Waals surface area contributed by atoms with E-state index in [1.165, 1.54) is 0 Å². The zero-order valence-electron chi connectivity index (χ0n) is 25.0. The van der Waals surface area contributed by atoms with Crippen LogP contribution >= 0.6 is 0 Å². The molecule has 0 unspecified atom stereocenters. The second-order valence-electron chi connectivity index (χ2n) is 12.1. The maximum Gasteiger partial charge on any atom is 0.194 e. The molecule has 0 fully saturated rings. The molecule has 0 aromatic heterocycles. The molecule has 0 spiro atoms. The highest BCUT2D eigenvalue weighted by atomic mass is 16.5. The van der Waals surface area contributed by atoms with E-state index in [2.05, 4.69) is 122 Å². The quantitative estimate of drug-likeness (QED) is 0.204. The highest BCUT2D eigenvalue weighted by Crippen LogP contribution is 2.62. The monoisotopic (exact) mass is 579 g/mol. The highest BCUT2D eigenvalue weighted by molar-refractivity contribution is 6.01. The van der Waals surface area contributed by atoms with Crippen molar-refractivity contribution >= 4 is 32.9 Å². The van der Waals surface area contributed by atoms with Crippen molar-refractivity contribution in [2.24, 2.45) is 0 Å². The number of ether oxygens (including phenoxy) is 1. The van der Waals surface area contributed by atoms with Gasteiger partial charge < -0.3 is 9.64 Å². The van der Waals surface area contributed by atoms with Gasteiger partial charge in [-0.15, -0.1) is 0 Å². The summed E-state index contributed by atoms with van der Waals surface area (Å²) in [5, 5.41) is 3.41. The van der Waals surface area contributed by atoms with Crippen LogP contribution in [0.5, 0.6) is 11.5 Å². The van der Waals surface area contributed by atoms with Gasteiger partial charge in [0.05, 0.1) is 11.4 Å². The fourth-order valence-corrected chi connectivity index (χ4v) is 7.82. The Balaban J connectivity index is 1.56. The van der Waals surface area contributed by atoms with Gasteiger partial charge in [0.15, 0.2) is 16.9 Å². The van der Waals surface area contributed by atoms with E-state index in [0.717, 1.165) is 83.4 Å². The Morgan fingerprint density at radius 3 is 1.71 bits per heavy atom. The molecule has 45 heavy (non-hydrogen) atoms. The molecule has 0 N–H and O–H groups in total. The second kappa shape index (κ2) is 9.41. The standard InChI is InChI=1S/C42H29NO2/c1-26-12-11-15-32-28(26)23-24-29-27(2)22-25-35(40(29)41(32)44)42(33-16-5-3-13-30(33)31-14-4-6-17-34(31)42)43-36-18-7-9-20-38(36)45-39-21-10-8-19-37(39)43/h3-25H,1-2H3. The summed E-state index contributed by atoms with van der Waals surface area (Å²) in [4.78, 5) is 17.5. The van der Waals surface area contributed by atoms with Crippen LogP contribution in [0.1, 0.15) is 27.8 Å². The van der Waals surface area contributed by atoms with Crippen LogP contribution in [0.25, 0.3) is 32.7 Å². The van der Waals surface area contributed by atoms with Crippen molar-refractivity contribution in [3.63, 3.8) is 0 Å². The maximum atomic E-state index is 15.1. The molecule has 2 aliphatic rings. The highest BCUT2D eigenvalue weighted by Gasteiger charge is 2.52. The van der Waals surface area contributed by atoms with Crippen LogP contribution in [0.4, 0.5) is 11.4 Å². The number of hydrogen-bond acceptors (Lipinski definition) is 3. The summed E-state index contributed by atoms with van der Waals surface area (Å²) in [6.45, 7) is 4.18. The van der Waals surface area contributed by atoms with Crippen molar-refractivity contribution in [2.45, 2.75) is 19.4 Å². The van der Waals surface area contributed by atoms with Gasteiger partial charge in [-0.25, -0.2) is 0 Å². The Bertz CT molecular complexity index is 2330. The molecule has 0 radical (unpaired) electrons. The lowest BCUT2D eigenvalue weighted by molar-refractivity contribution is 0.461. The van der Waals surface area contributed by atoms with Crippen LogP contribution in [-0.2, 0) is 5.54 Å². The Morgan fingerprint density at radius 1 is 0.489 bits per heavy atom. The summed E-state index contributed by atoms with van der Waals surface area (Å²) in [5.41, 5.74) is 8.76. The third kappa shape index (κ3) is 3.38. The van der Waals surface area contributed by atoms with Crippen LogP contribution in [0.2, 0.25) is 0 Å². The molecule has 7 aromatic carbocycles. The SMILES string of the molecule is Cc1cccc2c(=O)c3c(C4(N5c6ccccc6Oc6ccccc65)c5ccccc5-c5ccccc54)ccc(C)c3ccc12. The first-order valence-electron chi connectivity index (χ1n) is 15.4. The van der Waals surface area contributed by atoms with E-state index in [1.54, 1.807) is 0 Å². The summed E-state index contributed by atoms with van der Waals surface area (Å²) < 4.78 is 6.54. The van der Waals surface area contributed by atoms with Crippen molar-refractivity contribution < 1.29 is 4.74 Å². The fraction of sp³-hybridized carbons (Fsp3) is 0.0714. The molecule has 0 saturated heterocycles. The Labute approximate surface area is 261 Å². The summed E-state index contributed by atoms with van der Waals surface area (Å²) >= 11 is 0. The van der Waals surface area contributed by atoms with Crippen molar-refractivity contribution in [3.05, 3.63) is 178 Å². The lowest BCUT2D eigenvalue weighted by atomic mass is 9.75. The molecule has 3 nitrogen and oxygen atoms in total. The first-order valence-corrected chi connectivity index (χ1v) is 15.4. The van der Waals surface area contributed by atoms with E-state index in [4.69, 9.17) is 4.74 Å². The van der Waals surface area contributed by atoms with Crippen molar-refractivity contribution in [2.75, 3.05) is 4.90 Å². The van der Waals surface area contributed by atoms with Crippen molar-refractivity contribution in [1.82, 2.24) is 0 Å². The predicted octanol–water partition coefficient (Wildman–Crippen LogP) is 10.2. The Hall–Kier alpha value is -5.67. The van der Waals surface area contributed by atoms with Gasteiger partial charge in [0.25, 0.3) is 0 Å². The molecule has 0 bridgehead atoms. The first kappa shape index (κ1) is 25.8. The third-order valence-corrected chi connectivity index (χ3v) is 9.76.